The van der Waals surface area contributed by atoms with Gasteiger partial charge in [0, 0.05) is 24.7 Å². The lowest BCUT2D eigenvalue weighted by Crippen LogP contribution is -2.26. The number of hydrazine groups is 1. The Balaban J connectivity index is 1.69. The number of rotatable bonds is 5. The van der Waals surface area contributed by atoms with E-state index in [1.165, 1.54) is 34.5 Å². The largest absolute Gasteiger partial charge is 0.383 e. The fourth-order valence-corrected chi connectivity index (χ4v) is 4.28. The molecule has 0 spiro atoms. The highest BCUT2D eigenvalue weighted by atomic mass is 32.1. The third-order valence-electron chi connectivity index (χ3n) is 4.68. The first-order valence-electron chi connectivity index (χ1n) is 9.14. The third kappa shape index (κ3) is 3.75. The minimum absolute atomic E-state index is 0.00970. The first-order chi connectivity index (χ1) is 12.0. The van der Waals surface area contributed by atoms with Gasteiger partial charge >= 0.3 is 0 Å². The molecular weight excluding hydrogens is 330 g/mol. The summed E-state index contributed by atoms with van der Waals surface area (Å²) in [5, 5.41) is 7.21. The molecule has 2 aromatic heterocycles. The highest BCUT2D eigenvalue weighted by Gasteiger charge is 2.20. The Morgan fingerprint density at radius 2 is 2.12 bits per heavy atom. The number of nitrogens with zero attached hydrogens (tertiary/aromatic N) is 1. The van der Waals surface area contributed by atoms with Gasteiger partial charge in [0.15, 0.2) is 0 Å². The standard InChI is InChI=1S/C19H27N5S/c1-19(2,3)23-17-10-14(20-11-12-5-4-6-12)18-15(22-17)9-16(25-18)13-7-8-21-24-13/h7,9-10,12,21,24H,4-6,8,11H2,1-3H3,(H2,20,22,23). The molecule has 0 bridgehead atoms. The maximum atomic E-state index is 4.86. The molecule has 134 valence electrons. The molecule has 0 unspecified atom stereocenters. The lowest BCUT2D eigenvalue weighted by Gasteiger charge is -2.26. The molecule has 1 saturated carbocycles. The fourth-order valence-electron chi connectivity index (χ4n) is 3.20. The van der Waals surface area contributed by atoms with Crippen LogP contribution in [0.2, 0.25) is 0 Å². The van der Waals surface area contributed by atoms with E-state index in [4.69, 9.17) is 4.98 Å². The van der Waals surface area contributed by atoms with E-state index in [2.05, 4.69) is 60.5 Å². The molecule has 1 aliphatic carbocycles. The van der Waals surface area contributed by atoms with Crippen molar-refractivity contribution in [3.63, 3.8) is 0 Å². The topological polar surface area (TPSA) is 61.0 Å². The van der Waals surface area contributed by atoms with Crippen molar-refractivity contribution in [1.82, 2.24) is 15.8 Å². The van der Waals surface area contributed by atoms with Gasteiger partial charge < -0.3 is 16.1 Å². The van der Waals surface area contributed by atoms with Crippen LogP contribution in [0.1, 0.15) is 44.9 Å². The third-order valence-corrected chi connectivity index (χ3v) is 5.88. The van der Waals surface area contributed by atoms with E-state index in [-0.39, 0.29) is 5.54 Å². The average Bonchev–Trinajstić information content (AvgIpc) is 3.12. The first-order valence-corrected chi connectivity index (χ1v) is 9.96. The highest BCUT2D eigenvalue weighted by Crippen LogP contribution is 2.37. The second-order valence-corrected chi connectivity index (χ2v) is 9.11. The first kappa shape index (κ1) is 16.7. The molecule has 0 atom stereocenters. The molecular formula is C19H27N5S. The van der Waals surface area contributed by atoms with Crippen molar-refractivity contribution in [2.75, 3.05) is 23.7 Å². The number of pyridine rings is 1. The second-order valence-electron chi connectivity index (χ2n) is 8.06. The van der Waals surface area contributed by atoms with E-state index in [9.17, 15) is 0 Å². The fraction of sp³-hybridized carbons (Fsp3) is 0.526. The predicted molar refractivity (Wildman–Crippen MR) is 108 cm³/mol. The van der Waals surface area contributed by atoms with Crippen LogP contribution in [0.5, 0.6) is 0 Å². The Kier molecular flexibility index (Phi) is 4.33. The van der Waals surface area contributed by atoms with E-state index in [0.29, 0.717) is 0 Å². The van der Waals surface area contributed by atoms with Crippen LogP contribution in [-0.2, 0) is 0 Å². The SMILES string of the molecule is CC(C)(C)Nc1cc(NCC2CCC2)c2sc(C3=CCNN3)cc2n1. The lowest BCUT2D eigenvalue weighted by molar-refractivity contribution is 0.333. The number of fused-ring (bicyclic) bond motifs is 1. The Hall–Kier alpha value is -1.79. The van der Waals surface area contributed by atoms with Gasteiger partial charge in [0.1, 0.15) is 5.82 Å². The summed E-state index contributed by atoms with van der Waals surface area (Å²) in [6.07, 6.45) is 6.27. The lowest BCUT2D eigenvalue weighted by atomic mass is 9.85. The van der Waals surface area contributed by atoms with Crippen LogP contribution in [0.15, 0.2) is 18.2 Å². The summed E-state index contributed by atoms with van der Waals surface area (Å²) in [6.45, 7) is 8.42. The number of hydrogen-bond donors (Lipinski definition) is 4. The van der Waals surface area contributed by atoms with Gasteiger partial charge in [-0.25, -0.2) is 10.4 Å². The van der Waals surface area contributed by atoms with Crippen LogP contribution >= 0.6 is 11.3 Å². The van der Waals surface area contributed by atoms with E-state index < -0.39 is 0 Å². The molecule has 2 aromatic rings. The molecule has 1 aliphatic heterocycles. The van der Waals surface area contributed by atoms with E-state index >= 15 is 0 Å². The summed E-state index contributed by atoms with van der Waals surface area (Å²) in [6, 6.07) is 4.36. The molecule has 6 heteroatoms. The van der Waals surface area contributed by atoms with Gasteiger partial charge in [0.05, 0.1) is 26.5 Å². The Morgan fingerprint density at radius 3 is 2.76 bits per heavy atom. The van der Waals surface area contributed by atoms with Crippen molar-refractivity contribution < 1.29 is 0 Å². The van der Waals surface area contributed by atoms with Gasteiger partial charge in [-0.2, -0.15) is 0 Å². The maximum absolute atomic E-state index is 4.86. The normalized spacial score (nSPS) is 18.0. The van der Waals surface area contributed by atoms with E-state index in [1.54, 1.807) is 11.3 Å². The minimum atomic E-state index is -0.00970. The molecule has 5 nitrogen and oxygen atoms in total. The van der Waals surface area contributed by atoms with Crippen molar-refractivity contribution in [3.8, 4) is 0 Å². The van der Waals surface area contributed by atoms with Crippen LogP contribution in [0.3, 0.4) is 0 Å². The molecule has 25 heavy (non-hydrogen) atoms. The molecule has 3 heterocycles. The van der Waals surface area contributed by atoms with Gasteiger partial charge in [-0.15, -0.1) is 11.3 Å². The van der Waals surface area contributed by atoms with Crippen molar-refractivity contribution in [2.24, 2.45) is 5.92 Å². The van der Waals surface area contributed by atoms with Crippen LogP contribution in [0, 0.1) is 5.92 Å². The number of anilines is 2. The number of aromatic nitrogens is 1. The molecule has 0 aromatic carbocycles. The van der Waals surface area contributed by atoms with Crippen molar-refractivity contribution in [1.29, 1.82) is 0 Å². The highest BCUT2D eigenvalue weighted by molar-refractivity contribution is 7.20. The Bertz CT molecular complexity index is 798. The predicted octanol–water partition coefficient (Wildman–Crippen LogP) is 4.17. The summed E-state index contributed by atoms with van der Waals surface area (Å²) in [4.78, 5) is 6.09. The van der Waals surface area contributed by atoms with Crippen LogP contribution in [0.4, 0.5) is 11.5 Å². The second kappa shape index (κ2) is 6.50. The smallest absolute Gasteiger partial charge is 0.129 e. The van der Waals surface area contributed by atoms with Crippen molar-refractivity contribution in [2.45, 2.75) is 45.6 Å². The Morgan fingerprint density at radius 1 is 1.28 bits per heavy atom. The summed E-state index contributed by atoms with van der Waals surface area (Å²) in [5.74, 6) is 1.76. The van der Waals surface area contributed by atoms with Crippen molar-refractivity contribution in [3.05, 3.63) is 23.1 Å². The van der Waals surface area contributed by atoms with Gasteiger partial charge in [-0.3, -0.25) is 0 Å². The minimum Gasteiger partial charge on any atom is -0.383 e. The quantitative estimate of drug-likeness (QED) is 0.647. The summed E-state index contributed by atoms with van der Waals surface area (Å²) < 4.78 is 1.24. The van der Waals surface area contributed by atoms with Crippen LogP contribution in [0.25, 0.3) is 15.9 Å². The summed E-state index contributed by atoms with van der Waals surface area (Å²) in [5.41, 5.74) is 9.77. The van der Waals surface area contributed by atoms with Crippen molar-refractivity contribution >= 4 is 38.8 Å². The molecule has 0 amide bonds. The summed E-state index contributed by atoms with van der Waals surface area (Å²) >= 11 is 1.80. The molecule has 0 radical (unpaired) electrons. The zero-order chi connectivity index (χ0) is 17.4. The van der Waals surface area contributed by atoms with Gasteiger partial charge in [-0.05, 0) is 51.7 Å². The average molecular weight is 358 g/mol. The molecule has 0 saturated heterocycles. The molecule has 1 fully saturated rings. The van der Waals surface area contributed by atoms with Crippen LogP contribution < -0.4 is 21.5 Å². The summed E-state index contributed by atoms with van der Waals surface area (Å²) in [7, 11) is 0. The van der Waals surface area contributed by atoms with E-state index in [1.807, 2.05) is 0 Å². The monoisotopic (exact) mass is 357 g/mol. The van der Waals surface area contributed by atoms with Gasteiger partial charge in [-0.1, -0.05) is 6.42 Å². The Labute approximate surface area is 153 Å². The van der Waals surface area contributed by atoms with E-state index in [0.717, 1.165) is 36.0 Å². The molecule has 4 N–H and O–H groups in total. The number of hydrogen-bond acceptors (Lipinski definition) is 6. The number of nitrogens with one attached hydrogen (secondary N) is 4. The zero-order valence-electron chi connectivity index (χ0n) is 15.2. The molecule has 2 aliphatic rings. The molecule has 4 rings (SSSR count). The maximum Gasteiger partial charge on any atom is 0.129 e. The number of thiophene rings is 1. The van der Waals surface area contributed by atoms with Gasteiger partial charge in [0.25, 0.3) is 0 Å². The van der Waals surface area contributed by atoms with Crippen LogP contribution in [-0.4, -0.2) is 23.6 Å². The zero-order valence-corrected chi connectivity index (χ0v) is 16.0. The van der Waals surface area contributed by atoms with Gasteiger partial charge in [0.2, 0.25) is 0 Å².